The predicted molar refractivity (Wildman–Crippen MR) is 60.8 cm³/mol. The number of nitrogens with zero attached hydrogens (tertiary/aromatic N) is 4. The standard InChI is InChI=1S/C11H11N5/c1-7-9-3-10(8-4-14-16(2)5-8)15-11(9)13-6-12-7/h3-6H,1-2H3,(H,12,13,15). The minimum absolute atomic E-state index is 0.867. The summed E-state index contributed by atoms with van der Waals surface area (Å²) in [5, 5.41) is 5.20. The van der Waals surface area contributed by atoms with Crippen LogP contribution in [0, 0.1) is 6.92 Å². The lowest BCUT2D eigenvalue weighted by atomic mass is 10.2. The summed E-state index contributed by atoms with van der Waals surface area (Å²) >= 11 is 0. The lowest BCUT2D eigenvalue weighted by Crippen LogP contribution is -1.84. The van der Waals surface area contributed by atoms with E-state index in [1.165, 1.54) is 0 Å². The molecule has 0 aliphatic rings. The first-order valence-corrected chi connectivity index (χ1v) is 5.03. The van der Waals surface area contributed by atoms with Crippen LogP contribution < -0.4 is 0 Å². The molecule has 0 radical (unpaired) electrons. The molecule has 0 atom stereocenters. The second kappa shape index (κ2) is 3.16. The number of aryl methyl sites for hydroxylation is 2. The average molecular weight is 213 g/mol. The van der Waals surface area contributed by atoms with Crippen LogP contribution in [-0.2, 0) is 7.05 Å². The van der Waals surface area contributed by atoms with E-state index in [9.17, 15) is 0 Å². The third-order valence-corrected chi connectivity index (χ3v) is 2.64. The number of fused-ring (bicyclic) bond motifs is 1. The molecule has 0 saturated heterocycles. The summed E-state index contributed by atoms with van der Waals surface area (Å²) < 4.78 is 1.78. The molecule has 0 aliphatic carbocycles. The smallest absolute Gasteiger partial charge is 0.141 e. The van der Waals surface area contributed by atoms with Gasteiger partial charge >= 0.3 is 0 Å². The lowest BCUT2D eigenvalue weighted by molar-refractivity contribution is 0.768. The van der Waals surface area contributed by atoms with Gasteiger partial charge in [-0.2, -0.15) is 5.10 Å². The summed E-state index contributed by atoms with van der Waals surface area (Å²) in [4.78, 5) is 11.6. The molecule has 0 aliphatic heterocycles. The van der Waals surface area contributed by atoms with Crippen molar-refractivity contribution < 1.29 is 0 Å². The zero-order valence-electron chi connectivity index (χ0n) is 9.10. The van der Waals surface area contributed by atoms with Gasteiger partial charge in [0.05, 0.1) is 17.6 Å². The fourth-order valence-electron chi connectivity index (χ4n) is 1.78. The zero-order valence-corrected chi connectivity index (χ0v) is 9.10. The monoisotopic (exact) mass is 213 g/mol. The van der Waals surface area contributed by atoms with Crippen LogP contribution in [0.1, 0.15) is 5.69 Å². The summed E-state index contributed by atoms with van der Waals surface area (Å²) in [6, 6.07) is 2.06. The van der Waals surface area contributed by atoms with Crippen molar-refractivity contribution in [1.82, 2.24) is 24.7 Å². The fourth-order valence-corrected chi connectivity index (χ4v) is 1.78. The van der Waals surface area contributed by atoms with E-state index in [4.69, 9.17) is 0 Å². The van der Waals surface area contributed by atoms with Crippen molar-refractivity contribution >= 4 is 11.0 Å². The van der Waals surface area contributed by atoms with E-state index in [0.29, 0.717) is 0 Å². The van der Waals surface area contributed by atoms with Crippen LogP contribution in [-0.4, -0.2) is 24.7 Å². The summed E-state index contributed by atoms with van der Waals surface area (Å²) in [7, 11) is 1.90. The highest BCUT2D eigenvalue weighted by atomic mass is 15.2. The van der Waals surface area contributed by atoms with Gasteiger partial charge in [-0.15, -0.1) is 0 Å². The van der Waals surface area contributed by atoms with Crippen LogP contribution in [0.15, 0.2) is 24.8 Å². The maximum absolute atomic E-state index is 4.20. The number of aromatic amines is 1. The molecule has 1 N–H and O–H groups in total. The van der Waals surface area contributed by atoms with Crippen molar-refractivity contribution in [2.24, 2.45) is 7.05 Å². The van der Waals surface area contributed by atoms with Crippen molar-refractivity contribution in [1.29, 1.82) is 0 Å². The summed E-state index contributed by atoms with van der Waals surface area (Å²) in [6.45, 7) is 1.98. The van der Waals surface area contributed by atoms with Gasteiger partial charge in [-0.3, -0.25) is 4.68 Å². The van der Waals surface area contributed by atoms with Crippen LogP contribution >= 0.6 is 0 Å². The van der Waals surface area contributed by atoms with Crippen molar-refractivity contribution in [3.05, 3.63) is 30.5 Å². The molecular weight excluding hydrogens is 202 g/mol. The summed E-state index contributed by atoms with van der Waals surface area (Å²) in [5.74, 6) is 0. The molecule has 0 unspecified atom stereocenters. The van der Waals surface area contributed by atoms with E-state index in [1.807, 2.05) is 26.4 Å². The van der Waals surface area contributed by atoms with Gasteiger partial charge in [0, 0.05) is 24.2 Å². The first-order valence-electron chi connectivity index (χ1n) is 5.03. The number of aromatic nitrogens is 5. The molecule has 0 bridgehead atoms. The highest BCUT2D eigenvalue weighted by Gasteiger charge is 2.07. The number of hydrogen-bond acceptors (Lipinski definition) is 3. The molecule has 0 saturated carbocycles. The molecule has 3 aromatic rings. The topological polar surface area (TPSA) is 59.4 Å². The van der Waals surface area contributed by atoms with Crippen molar-refractivity contribution in [3.8, 4) is 11.3 Å². The molecule has 0 spiro atoms. The molecule has 3 rings (SSSR count). The Labute approximate surface area is 92.2 Å². The first-order chi connectivity index (χ1) is 7.74. The van der Waals surface area contributed by atoms with E-state index < -0.39 is 0 Å². The van der Waals surface area contributed by atoms with Gasteiger partial charge in [0.1, 0.15) is 12.0 Å². The maximum atomic E-state index is 4.20. The second-order valence-corrected chi connectivity index (χ2v) is 3.81. The van der Waals surface area contributed by atoms with Crippen LogP contribution in [0.2, 0.25) is 0 Å². The van der Waals surface area contributed by atoms with E-state index in [0.717, 1.165) is 28.0 Å². The number of H-pyrrole nitrogens is 1. The Kier molecular flexibility index (Phi) is 1.80. The quantitative estimate of drug-likeness (QED) is 0.668. The number of hydrogen-bond donors (Lipinski definition) is 1. The normalized spacial score (nSPS) is 11.1. The molecule has 3 heterocycles. The largest absolute Gasteiger partial charge is 0.339 e. The van der Waals surface area contributed by atoms with E-state index in [-0.39, 0.29) is 0 Å². The Bertz CT molecular complexity index is 649. The number of rotatable bonds is 1. The second-order valence-electron chi connectivity index (χ2n) is 3.81. The Balaban J connectivity index is 2.22. The third kappa shape index (κ3) is 1.29. The van der Waals surface area contributed by atoms with Crippen LogP contribution in [0.5, 0.6) is 0 Å². The fraction of sp³-hybridized carbons (Fsp3) is 0.182. The van der Waals surface area contributed by atoms with E-state index >= 15 is 0 Å². The minimum Gasteiger partial charge on any atom is -0.339 e. The molecule has 0 amide bonds. The predicted octanol–water partition coefficient (Wildman–Crippen LogP) is 1.67. The Hall–Kier alpha value is -2.17. The molecule has 0 fully saturated rings. The van der Waals surface area contributed by atoms with Gasteiger partial charge in [-0.05, 0) is 13.0 Å². The van der Waals surface area contributed by atoms with Gasteiger partial charge in [0.2, 0.25) is 0 Å². The minimum atomic E-state index is 0.867. The van der Waals surface area contributed by atoms with Gasteiger partial charge in [-0.25, -0.2) is 9.97 Å². The van der Waals surface area contributed by atoms with Crippen molar-refractivity contribution in [2.45, 2.75) is 6.92 Å². The van der Waals surface area contributed by atoms with Crippen LogP contribution in [0.25, 0.3) is 22.3 Å². The van der Waals surface area contributed by atoms with Crippen LogP contribution in [0.3, 0.4) is 0 Å². The van der Waals surface area contributed by atoms with Crippen LogP contribution in [0.4, 0.5) is 0 Å². The SMILES string of the molecule is Cc1ncnc2[nH]c(-c3cnn(C)c3)cc12. The Morgan fingerprint density at radius 2 is 2.19 bits per heavy atom. The average Bonchev–Trinajstić information content (AvgIpc) is 2.84. The van der Waals surface area contributed by atoms with Gasteiger partial charge in [0.25, 0.3) is 0 Å². The zero-order chi connectivity index (χ0) is 11.1. The summed E-state index contributed by atoms with van der Waals surface area (Å²) in [5.41, 5.74) is 3.93. The Morgan fingerprint density at radius 3 is 2.88 bits per heavy atom. The number of nitrogens with one attached hydrogen (secondary N) is 1. The van der Waals surface area contributed by atoms with Gasteiger partial charge < -0.3 is 4.98 Å². The van der Waals surface area contributed by atoms with Gasteiger partial charge in [0.15, 0.2) is 0 Å². The highest BCUT2D eigenvalue weighted by Crippen LogP contribution is 2.23. The summed E-state index contributed by atoms with van der Waals surface area (Å²) in [6.07, 6.45) is 5.36. The van der Waals surface area contributed by atoms with E-state index in [1.54, 1.807) is 11.0 Å². The molecule has 5 heteroatoms. The lowest BCUT2D eigenvalue weighted by Gasteiger charge is -1.90. The van der Waals surface area contributed by atoms with E-state index in [2.05, 4.69) is 26.1 Å². The van der Waals surface area contributed by atoms with Gasteiger partial charge in [-0.1, -0.05) is 0 Å². The maximum Gasteiger partial charge on any atom is 0.141 e. The van der Waals surface area contributed by atoms with Crippen molar-refractivity contribution in [3.63, 3.8) is 0 Å². The van der Waals surface area contributed by atoms with Crippen molar-refractivity contribution in [2.75, 3.05) is 0 Å². The first kappa shape index (κ1) is 9.08. The Morgan fingerprint density at radius 1 is 1.31 bits per heavy atom. The third-order valence-electron chi connectivity index (χ3n) is 2.64. The molecular formula is C11H11N5. The molecule has 16 heavy (non-hydrogen) atoms. The molecule has 5 nitrogen and oxygen atoms in total. The molecule has 80 valence electrons. The molecule has 0 aromatic carbocycles. The molecule has 3 aromatic heterocycles. The highest BCUT2D eigenvalue weighted by molar-refractivity contribution is 5.84.